The van der Waals surface area contributed by atoms with Gasteiger partial charge in [0.15, 0.2) is 0 Å². The number of halogens is 1. The highest BCUT2D eigenvalue weighted by Crippen LogP contribution is 2.33. The van der Waals surface area contributed by atoms with Crippen LogP contribution in [0.3, 0.4) is 0 Å². The van der Waals surface area contributed by atoms with Crippen molar-refractivity contribution in [1.29, 1.82) is 0 Å². The molecule has 2 fully saturated rings. The van der Waals surface area contributed by atoms with Gasteiger partial charge in [0.05, 0.1) is 9.82 Å². The summed E-state index contributed by atoms with van der Waals surface area (Å²) in [7, 11) is -3.72. The van der Waals surface area contributed by atoms with Gasteiger partial charge in [-0.05, 0) is 42.7 Å². The summed E-state index contributed by atoms with van der Waals surface area (Å²) in [6.07, 6.45) is 2.65. The SMILES string of the molecule is O=[N+]([O-])c1cc(S(=O)(=O)N2CCCCC2)ccc1N1CCN(Cc2ccc(Cl)cc2)CC1. The number of benzene rings is 2. The van der Waals surface area contributed by atoms with Gasteiger partial charge in [-0.3, -0.25) is 15.0 Å². The molecule has 2 aromatic carbocycles. The Morgan fingerprint density at radius 1 is 0.906 bits per heavy atom. The number of nitrogens with zero attached hydrogens (tertiary/aromatic N) is 4. The number of piperidine rings is 1. The van der Waals surface area contributed by atoms with Crippen molar-refractivity contribution in [2.45, 2.75) is 30.7 Å². The van der Waals surface area contributed by atoms with Gasteiger partial charge in [-0.25, -0.2) is 8.42 Å². The molecule has 2 aromatic rings. The molecule has 10 heteroatoms. The number of sulfonamides is 1. The van der Waals surface area contributed by atoms with Crippen LogP contribution in [-0.2, 0) is 16.6 Å². The van der Waals surface area contributed by atoms with E-state index in [2.05, 4.69) is 4.90 Å². The van der Waals surface area contributed by atoms with Crippen LogP contribution in [0, 0.1) is 10.1 Å². The van der Waals surface area contributed by atoms with Crippen molar-refractivity contribution in [2.75, 3.05) is 44.2 Å². The van der Waals surface area contributed by atoms with Gasteiger partial charge >= 0.3 is 0 Å². The van der Waals surface area contributed by atoms with Gasteiger partial charge in [0.2, 0.25) is 10.0 Å². The molecule has 0 aromatic heterocycles. The molecule has 0 N–H and O–H groups in total. The molecule has 0 saturated carbocycles. The number of hydrogen-bond acceptors (Lipinski definition) is 6. The van der Waals surface area contributed by atoms with Gasteiger partial charge in [0, 0.05) is 56.9 Å². The summed E-state index contributed by atoms with van der Waals surface area (Å²) >= 11 is 5.95. The zero-order chi connectivity index (χ0) is 22.7. The third-order valence-electron chi connectivity index (χ3n) is 6.13. The van der Waals surface area contributed by atoms with Crippen molar-refractivity contribution >= 4 is 33.0 Å². The fourth-order valence-electron chi connectivity index (χ4n) is 4.33. The standard InChI is InChI=1S/C22H27ClN4O4S/c23-19-6-4-18(5-7-19)17-24-12-14-25(15-13-24)21-9-8-20(16-22(21)27(28)29)32(30,31)26-10-2-1-3-11-26/h4-9,16H,1-3,10-15,17H2. The normalized spacial score (nSPS) is 18.6. The van der Waals surface area contributed by atoms with Crippen LogP contribution in [0.15, 0.2) is 47.4 Å². The molecule has 0 aliphatic carbocycles. The maximum Gasteiger partial charge on any atom is 0.293 e. The first-order chi connectivity index (χ1) is 15.3. The van der Waals surface area contributed by atoms with E-state index in [0.29, 0.717) is 36.9 Å². The lowest BCUT2D eigenvalue weighted by molar-refractivity contribution is -0.384. The molecule has 172 valence electrons. The van der Waals surface area contributed by atoms with Gasteiger partial charge in [0.1, 0.15) is 5.69 Å². The van der Waals surface area contributed by atoms with E-state index in [9.17, 15) is 18.5 Å². The van der Waals surface area contributed by atoms with E-state index in [-0.39, 0.29) is 10.6 Å². The van der Waals surface area contributed by atoms with Gasteiger partial charge in [-0.15, -0.1) is 0 Å². The third kappa shape index (κ3) is 5.06. The number of nitro benzene ring substituents is 1. The van der Waals surface area contributed by atoms with Gasteiger partial charge in [-0.2, -0.15) is 4.31 Å². The second kappa shape index (κ2) is 9.74. The minimum absolute atomic E-state index is 0.00350. The Balaban J connectivity index is 1.48. The second-order valence-corrected chi connectivity index (χ2v) is 10.6. The van der Waals surface area contributed by atoms with E-state index in [0.717, 1.165) is 38.9 Å². The molecular weight excluding hydrogens is 452 g/mol. The van der Waals surface area contributed by atoms with Crippen LogP contribution in [0.25, 0.3) is 0 Å². The molecule has 2 saturated heterocycles. The van der Waals surface area contributed by atoms with Gasteiger partial charge in [0.25, 0.3) is 5.69 Å². The van der Waals surface area contributed by atoms with Crippen molar-refractivity contribution in [3.8, 4) is 0 Å². The highest BCUT2D eigenvalue weighted by Gasteiger charge is 2.30. The predicted octanol–water partition coefficient (Wildman–Crippen LogP) is 3.75. The third-order valence-corrected chi connectivity index (χ3v) is 8.28. The lowest BCUT2D eigenvalue weighted by Gasteiger charge is -2.36. The zero-order valence-electron chi connectivity index (χ0n) is 17.8. The van der Waals surface area contributed by atoms with E-state index >= 15 is 0 Å². The van der Waals surface area contributed by atoms with E-state index < -0.39 is 14.9 Å². The number of anilines is 1. The summed E-state index contributed by atoms with van der Waals surface area (Å²) in [6, 6.07) is 12.1. The molecule has 8 nitrogen and oxygen atoms in total. The first-order valence-electron chi connectivity index (χ1n) is 10.8. The molecule has 0 spiro atoms. The predicted molar refractivity (Wildman–Crippen MR) is 125 cm³/mol. The minimum atomic E-state index is -3.72. The van der Waals surface area contributed by atoms with Crippen molar-refractivity contribution in [3.05, 3.63) is 63.2 Å². The Bertz CT molecular complexity index is 1060. The maximum absolute atomic E-state index is 13.0. The monoisotopic (exact) mass is 478 g/mol. The maximum atomic E-state index is 13.0. The second-order valence-electron chi connectivity index (χ2n) is 8.26. The van der Waals surface area contributed by atoms with Crippen LogP contribution in [0.5, 0.6) is 0 Å². The zero-order valence-corrected chi connectivity index (χ0v) is 19.4. The molecule has 0 bridgehead atoms. The van der Waals surface area contributed by atoms with Crippen LogP contribution >= 0.6 is 11.6 Å². The first-order valence-corrected chi connectivity index (χ1v) is 12.7. The summed E-state index contributed by atoms with van der Waals surface area (Å²) in [5.74, 6) is 0. The highest BCUT2D eigenvalue weighted by molar-refractivity contribution is 7.89. The molecular formula is C22H27ClN4O4S. The van der Waals surface area contributed by atoms with Crippen molar-refractivity contribution in [2.24, 2.45) is 0 Å². The van der Waals surface area contributed by atoms with E-state index in [1.165, 1.54) is 22.0 Å². The van der Waals surface area contributed by atoms with E-state index in [1.807, 2.05) is 29.2 Å². The minimum Gasteiger partial charge on any atom is -0.363 e. The topological polar surface area (TPSA) is 87.0 Å². The van der Waals surface area contributed by atoms with Crippen LogP contribution in [0.2, 0.25) is 5.02 Å². The van der Waals surface area contributed by atoms with Gasteiger partial charge in [-0.1, -0.05) is 30.2 Å². The Kier molecular flexibility index (Phi) is 6.99. The Labute approximate surface area is 193 Å². The van der Waals surface area contributed by atoms with E-state index in [1.54, 1.807) is 6.07 Å². The first kappa shape index (κ1) is 23.0. The smallest absolute Gasteiger partial charge is 0.293 e. The average Bonchev–Trinajstić information content (AvgIpc) is 2.81. The van der Waals surface area contributed by atoms with Crippen molar-refractivity contribution < 1.29 is 13.3 Å². The van der Waals surface area contributed by atoms with Crippen LogP contribution in [0.4, 0.5) is 11.4 Å². The van der Waals surface area contributed by atoms with Crippen molar-refractivity contribution in [3.63, 3.8) is 0 Å². The largest absolute Gasteiger partial charge is 0.363 e. The molecule has 4 rings (SSSR count). The van der Waals surface area contributed by atoms with Crippen LogP contribution in [0.1, 0.15) is 24.8 Å². The fourth-order valence-corrected chi connectivity index (χ4v) is 5.99. The lowest BCUT2D eigenvalue weighted by Crippen LogP contribution is -2.46. The molecule has 0 unspecified atom stereocenters. The Morgan fingerprint density at radius 2 is 1.56 bits per heavy atom. The number of nitro groups is 1. The number of piperazine rings is 1. The summed E-state index contributed by atoms with van der Waals surface area (Å²) in [6.45, 7) is 4.50. The van der Waals surface area contributed by atoms with E-state index in [4.69, 9.17) is 11.6 Å². The molecule has 2 aliphatic rings. The fraction of sp³-hybridized carbons (Fsp3) is 0.455. The lowest BCUT2D eigenvalue weighted by atomic mass is 10.2. The summed E-state index contributed by atoms with van der Waals surface area (Å²) < 4.78 is 27.4. The Morgan fingerprint density at radius 3 is 2.19 bits per heavy atom. The Hall–Kier alpha value is -2.20. The average molecular weight is 479 g/mol. The van der Waals surface area contributed by atoms with Crippen molar-refractivity contribution in [1.82, 2.24) is 9.21 Å². The summed E-state index contributed by atoms with van der Waals surface area (Å²) in [4.78, 5) is 15.6. The summed E-state index contributed by atoms with van der Waals surface area (Å²) in [5.41, 5.74) is 1.48. The molecule has 32 heavy (non-hydrogen) atoms. The molecule has 0 atom stereocenters. The quantitative estimate of drug-likeness (QED) is 0.464. The van der Waals surface area contributed by atoms with Gasteiger partial charge < -0.3 is 4.90 Å². The molecule has 0 radical (unpaired) electrons. The molecule has 2 heterocycles. The highest BCUT2D eigenvalue weighted by atomic mass is 35.5. The molecule has 2 aliphatic heterocycles. The molecule has 0 amide bonds. The number of hydrogen-bond donors (Lipinski definition) is 0. The van der Waals surface area contributed by atoms with Crippen LogP contribution in [-0.4, -0.2) is 61.8 Å². The van der Waals surface area contributed by atoms with Crippen LogP contribution < -0.4 is 4.90 Å². The number of rotatable bonds is 6. The summed E-state index contributed by atoms with van der Waals surface area (Å²) in [5, 5.41) is 12.5.